The zero-order valence-corrected chi connectivity index (χ0v) is 31.5. The molecule has 16 heteroatoms. The van der Waals surface area contributed by atoms with E-state index in [0.717, 1.165) is 36.4 Å². The van der Waals surface area contributed by atoms with Gasteiger partial charge in [0.05, 0.1) is 34.5 Å². The summed E-state index contributed by atoms with van der Waals surface area (Å²) in [5.74, 6) is -1.61. The number of hydrogen-bond acceptors (Lipinski definition) is 6. The van der Waals surface area contributed by atoms with Gasteiger partial charge in [0.15, 0.2) is 5.82 Å². The number of halogens is 4. The van der Waals surface area contributed by atoms with Crippen LogP contribution in [0, 0.1) is 17.6 Å². The molecular formula is C41H36F4N8O3S. The van der Waals surface area contributed by atoms with Crippen molar-refractivity contribution < 1.29 is 30.8 Å². The third kappa shape index (κ3) is 7.02. The number of nitrogens with zero attached hydrogens (tertiary/aromatic N) is 5. The van der Waals surface area contributed by atoms with Crippen molar-refractivity contribution in [3.63, 3.8) is 0 Å². The smallest absolute Gasteiger partial charge is 0.282 e. The zero-order chi connectivity index (χ0) is 39.7. The van der Waals surface area contributed by atoms with Gasteiger partial charge in [-0.25, -0.2) is 31.0 Å². The van der Waals surface area contributed by atoms with Crippen molar-refractivity contribution in [2.24, 2.45) is 13.0 Å². The van der Waals surface area contributed by atoms with Crippen LogP contribution >= 0.6 is 0 Å². The van der Waals surface area contributed by atoms with E-state index in [-0.39, 0.29) is 36.0 Å². The second-order valence-corrected chi connectivity index (χ2v) is 16.6. The molecule has 0 saturated heterocycles. The minimum Gasteiger partial charge on any atom is -0.353 e. The molecule has 2 unspecified atom stereocenters. The number of carbonyl (C=O) groups excluding carboxylic acids is 1. The number of aromatic amines is 1. The average Bonchev–Trinajstić information content (AvgIpc) is 3.52. The molecule has 0 spiro atoms. The van der Waals surface area contributed by atoms with E-state index < -0.39 is 40.0 Å². The largest absolute Gasteiger partial charge is 0.353 e. The minimum atomic E-state index is -3.70. The van der Waals surface area contributed by atoms with Crippen molar-refractivity contribution >= 4 is 43.7 Å². The Bertz CT molecular complexity index is 2820. The summed E-state index contributed by atoms with van der Waals surface area (Å²) in [4.78, 5) is 22.7. The van der Waals surface area contributed by atoms with E-state index in [1.807, 2.05) is 48.5 Å². The second-order valence-electron chi connectivity index (χ2n) is 14.9. The Labute approximate surface area is 324 Å². The van der Waals surface area contributed by atoms with Gasteiger partial charge in [0.25, 0.3) is 6.43 Å². The lowest BCUT2D eigenvalue weighted by Gasteiger charge is -2.23. The fourth-order valence-electron chi connectivity index (χ4n) is 8.42. The van der Waals surface area contributed by atoms with Crippen LogP contribution in [0.5, 0.6) is 0 Å². The number of para-hydroxylation sites is 1. The molecule has 2 aliphatic rings. The molecule has 1 amide bonds. The van der Waals surface area contributed by atoms with Gasteiger partial charge in [-0.2, -0.15) is 10.2 Å². The van der Waals surface area contributed by atoms with Gasteiger partial charge >= 0.3 is 0 Å². The monoisotopic (exact) mass is 796 g/mol. The summed E-state index contributed by atoms with van der Waals surface area (Å²) in [6.07, 6.45) is 0.265. The quantitative estimate of drug-likeness (QED) is 0.115. The molecule has 0 aliphatic heterocycles. The topological polar surface area (TPSA) is 140 Å². The fraction of sp³-hybridized carbons (Fsp3) is 0.268. The number of fused-ring (bicyclic) bond motifs is 5. The van der Waals surface area contributed by atoms with Gasteiger partial charge in [-0.15, -0.1) is 0 Å². The van der Waals surface area contributed by atoms with E-state index in [0.29, 0.717) is 62.4 Å². The summed E-state index contributed by atoms with van der Waals surface area (Å²) in [5, 5.41) is 12.2. The number of aryl methyl sites for hydroxylation is 1. The molecule has 11 nitrogen and oxygen atoms in total. The number of aromatic nitrogens is 6. The molecule has 57 heavy (non-hydrogen) atoms. The van der Waals surface area contributed by atoms with Gasteiger partial charge < -0.3 is 10.3 Å². The third-order valence-corrected chi connectivity index (χ3v) is 11.4. The molecule has 1 saturated carbocycles. The molecule has 4 aromatic heterocycles. The van der Waals surface area contributed by atoms with Gasteiger partial charge in [-0.05, 0) is 73.1 Å². The van der Waals surface area contributed by atoms with Crippen molar-refractivity contribution in [3.8, 4) is 22.4 Å². The van der Waals surface area contributed by atoms with Crippen molar-refractivity contribution in [2.75, 3.05) is 11.0 Å². The summed E-state index contributed by atoms with van der Waals surface area (Å²) >= 11 is 0. The summed E-state index contributed by atoms with van der Waals surface area (Å²) in [5.41, 5.74) is 5.93. The number of pyridine rings is 1. The Hall–Kier alpha value is -6.03. The fourth-order valence-corrected chi connectivity index (χ4v) is 8.92. The van der Waals surface area contributed by atoms with Crippen LogP contribution in [-0.4, -0.2) is 50.1 Å². The highest BCUT2D eigenvalue weighted by molar-refractivity contribution is 7.92. The number of alkyl halides is 2. The number of benzene rings is 3. The van der Waals surface area contributed by atoms with Crippen LogP contribution in [0.3, 0.4) is 0 Å². The van der Waals surface area contributed by atoms with Gasteiger partial charge in [-0.3, -0.25) is 18.9 Å². The number of nitrogens with one attached hydrogen (secondary N) is 3. The highest BCUT2D eigenvalue weighted by Gasteiger charge is 2.46. The van der Waals surface area contributed by atoms with E-state index in [1.54, 1.807) is 23.9 Å². The maximum Gasteiger partial charge on any atom is 0.282 e. The minimum absolute atomic E-state index is 0.0668. The van der Waals surface area contributed by atoms with E-state index >= 15 is 0 Å². The van der Waals surface area contributed by atoms with Gasteiger partial charge in [0.2, 0.25) is 15.9 Å². The molecule has 1 fully saturated rings. The number of carbonyl (C=O) groups is 1. The number of anilines is 1. The molecule has 3 atom stereocenters. The van der Waals surface area contributed by atoms with Crippen LogP contribution in [0.2, 0.25) is 0 Å². The molecule has 0 radical (unpaired) electrons. The Morgan fingerprint density at radius 2 is 1.74 bits per heavy atom. The van der Waals surface area contributed by atoms with E-state index in [1.165, 1.54) is 16.8 Å². The molecule has 3 N–H and O–H groups in total. The summed E-state index contributed by atoms with van der Waals surface area (Å²) in [6, 6.07) is 20.7. The number of sulfonamides is 1. The first-order valence-electron chi connectivity index (χ1n) is 18.4. The number of hydrogen-bond donors (Lipinski definition) is 3. The molecule has 2 aliphatic carbocycles. The van der Waals surface area contributed by atoms with Crippen LogP contribution in [-0.2, 0) is 41.3 Å². The molecule has 0 bridgehead atoms. The van der Waals surface area contributed by atoms with Crippen LogP contribution in [0.1, 0.15) is 59.4 Å². The van der Waals surface area contributed by atoms with Crippen molar-refractivity contribution in [1.82, 2.24) is 34.8 Å². The van der Waals surface area contributed by atoms with E-state index in [4.69, 9.17) is 4.98 Å². The molecule has 292 valence electrons. The number of H-pyrrole nitrogens is 1. The normalized spacial score (nSPS) is 16.8. The summed E-state index contributed by atoms with van der Waals surface area (Å²) in [7, 11) is -2.03. The Morgan fingerprint density at radius 3 is 2.47 bits per heavy atom. The molecule has 3 aromatic carbocycles. The first-order valence-corrected chi connectivity index (χ1v) is 20.3. The van der Waals surface area contributed by atoms with Gasteiger partial charge in [0.1, 0.15) is 23.9 Å². The van der Waals surface area contributed by atoms with E-state index in [9.17, 15) is 30.8 Å². The van der Waals surface area contributed by atoms with Crippen LogP contribution < -0.4 is 10.0 Å². The Kier molecular flexibility index (Phi) is 8.90. The molecule has 7 aromatic rings. The Balaban J connectivity index is 1.21. The van der Waals surface area contributed by atoms with Crippen LogP contribution in [0.25, 0.3) is 44.3 Å². The average molecular weight is 797 g/mol. The zero-order valence-electron chi connectivity index (χ0n) is 30.7. The SMILES string of the molecule is Cn1nc(NS(C)(=O)=O)c2cccc(-c3cc4[nH]c(-c5ccccc5)cc4nc3[C@H](Cc3cc(F)cc(F)c3)NC(=O)Cn3nc(C(F)F)c4c3C3CC3CC4)c21. The predicted molar refractivity (Wildman–Crippen MR) is 207 cm³/mol. The first kappa shape index (κ1) is 36.6. The maximum atomic E-state index is 14.7. The molecular weight excluding hydrogens is 761 g/mol. The lowest BCUT2D eigenvalue weighted by molar-refractivity contribution is -0.122. The lowest BCUT2D eigenvalue weighted by atomic mass is 9.93. The van der Waals surface area contributed by atoms with Crippen molar-refractivity contribution in [3.05, 3.63) is 119 Å². The van der Waals surface area contributed by atoms with Gasteiger partial charge in [-0.1, -0.05) is 42.5 Å². The first-order chi connectivity index (χ1) is 27.3. The highest BCUT2D eigenvalue weighted by Crippen LogP contribution is 2.55. The standard InChI is InChI=1S/C41H36F4N8O3S/c1-52-38-26(9-6-10-28(38)41(50-52)51-57(2,55)56)30-18-32-33(19-31(46-32)22-7-4-3-5-8-22)48-36(30)34(15-21-13-24(42)17-25(43)14-21)47-35(54)20-53-39-27(37(49-53)40(44)45)12-11-23-16-29(23)39/h3-10,13-14,17-19,23,29,34,40,46H,11-12,15-16,20H2,1-2H3,(H,47,54)(H,50,51)/t23?,29?,34-/m0/s1. The second kappa shape index (κ2) is 13.9. The third-order valence-electron chi connectivity index (χ3n) is 10.8. The summed E-state index contributed by atoms with van der Waals surface area (Å²) < 4.78 is 87.7. The Morgan fingerprint density at radius 1 is 0.965 bits per heavy atom. The predicted octanol–water partition coefficient (Wildman–Crippen LogP) is 7.72. The molecule has 4 heterocycles. The highest BCUT2D eigenvalue weighted by atomic mass is 32.2. The van der Waals surface area contributed by atoms with Crippen LogP contribution in [0.4, 0.5) is 23.4 Å². The number of rotatable bonds is 11. The van der Waals surface area contributed by atoms with Crippen LogP contribution in [0.15, 0.2) is 78.9 Å². The number of amides is 1. The van der Waals surface area contributed by atoms with Crippen molar-refractivity contribution in [1.29, 1.82) is 0 Å². The molecule has 9 rings (SSSR count). The van der Waals surface area contributed by atoms with Gasteiger partial charge in [0, 0.05) is 52.5 Å². The lowest BCUT2D eigenvalue weighted by Crippen LogP contribution is -2.34. The maximum absolute atomic E-state index is 14.7. The summed E-state index contributed by atoms with van der Waals surface area (Å²) in [6.45, 7) is -0.357. The van der Waals surface area contributed by atoms with Crippen molar-refractivity contribution in [2.45, 2.75) is 50.6 Å². The van der Waals surface area contributed by atoms with E-state index in [2.05, 4.69) is 25.2 Å².